The highest BCUT2D eigenvalue weighted by molar-refractivity contribution is 6.04. The second-order valence-electron chi connectivity index (χ2n) is 8.92. The van der Waals surface area contributed by atoms with Gasteiger partial charge < -0.3 is 10.2 Å². The van der Waals surface area contributed by atoms with Gasteiger partial charge in [0.1, 0.15) is 5.82 Å². The number of para-hydroxylation sites is 1. The zero-order valence-electron chi connectivity index (χ0n) is 18.6. The van der Waals surface area contributed by atoms with Gasteiger partial charge in [-0.3, -0.25) is 14.5 Å². The minimum Gasteiger partial charge on any atom is -0.339 e. The van der Waals surface area contributed by atoms with Crippen LogP contribution in [0.1, 0.15) is 54.4 Å². The molecule has 1 N–H and O–H groups in total. The molecule has 2 aromatic carbocycles. The molecule has 2 aliphatic heterocycles. The Morgan fingerprint density at radius 1 is 0.875 bits per heavy atom. The summed E-state index contributed by atoms with van der Waals surface area (Å²) in [6.45, 7) is 3.98. The number of nitrogens with zero attached hydrogens (tertiary/aromatic N) is 2. The van der Waals surface area contributed by atoms with Crippen LogP contribution in [-0.2, 0) is 11.3 Å². The maximum absolute atomic E-state index is 13.1. The standard InChI is InChI=1S/C26H32FN3O2/c27-22-11-9-20(10-12-22)19-29-17-13-21(14-18-29)25(31)28-24-8-4-3-7-23(24)26(32)30-15-5-1-2-6-16-30/h3-4,7-12,21H,1-2,5-6,13-19H2,(H,28,31). The van der Waals surface area contributed by atoms with Gasteiger partial charge in [-0.15, -0.1) is 0 Å². The van der Waals surface area contributed by atoms with Crippen LogP contribution in [0.5, 0.6) is 0 Å². The molecule has 0 aromatic heterocycles. The van der Waals surface area contributed by atoms with Gasteiger partial charge in [-0.05, 0) is 68.6 Å². The molecule has 2 fully saturated rings. The minimum atomic E-state index is -0.223. The number of amides is 2. The van der Waals surface area contributed by atoms with Gasteiger partial charge in [0.2, 0.25) is 5.91 Å². The summed E-state index contributed by atoms with van der Waals surface area (Å²) in [6.07, 6.45) is 5.96. The summed E-state index contributed by atoms with van der Waals surface area (Å²) in [5.74, 6) is -0.293. The minimum absolute atomic E-state index is 0.0110. The number of halogens is 1. The Bertz CT molecular complexity index is 915. The van der Waals surface area contributed by atoms with E-state index in [-0.39, 0.29) is 23.5 Å². The topological polar surface area (TPSA) is 52.7 Å². The molecule has 0 bridgehead atoms. The van der Waals surface area contributed by atoms with Gasteiger partial charge >= 0.3 is 0 Å². The summed E-state index contributed by atoms with van der Waals surface area (Å²) in [4.78, 5) is 30.3. The lowest BCUT2D eigenvalue weighted by Crippen LogP contribution is -2.38. The number of rotatable bonds is 5. The number of likely N-dealkylation sites (tertiary alicyclic amines) is 2. The molecule has 0 unspecified atom stereocenters. The molecule has 0 aliphatic carbocycles. The van der Waals surface area contributed by atoms with Crippen molar-refractivity contribution >= 4 is 17.5 Å². The molecule has 2 heterocycles. The average Bonchev–Trinajstić information content (AvgIpc) is 3.11. The highest BCUT2D eigenvalue weighted by atomic mass is 19.1. The fourth-order valence-corrected chi connectivity index (χ4v) is 4.66. The zero-order valence-corrected chi connectivity index (χ0v) is 18.6. The summed E-state index contributed by atoms with van der Waals surface area (Å²) in [5, 5.41) is 3.04. The van der Waals surface area contributed by atoms with Gasteiger partial charge in [0.25, 0.3) is 5.91 Å². The number of carbonyl (C=O) groups is 2. The van der Waals surface area contributed by atoms with E-state index in [1.165, 1.54) is 25.0 Å². The van der Waals surface area contributed by atoms with Crippen molar-refractivity contribution in [3.8, 4) is 0 Å². The summed E-state index contributed by atoms with van der Waals surface area (Å²) in [7, 11) is 0. The highest BCUT2D eigenvalue weighted by Crippen LogP contribution is 2.24. The zero-order chi connectivity index (χ0) is 22.3. The molecule has 0 spiro atoms. The Morgan fingerprint density at radius 2 is 1.53 bits per heavy atom. The smallest absolute Gasteiger partial charge is 0.255 e. The van der Waals surface area contributed by atoms with E-state index in [2.05, 4.69) is 10.2 Å². The molecule has 0 radical (unpaired) electrons. The number of nitrogens with one attached hydrogen (secondary N) is 1. The van der Waals surface area contributed by atoms with Crippen LogP contribution in [0.4, 0.5) is 10.1 Å². The molecule has 2 aliphatic rings. The molecule has 5 nitrogen and oxygen atoms in total. The van der Waals surface area contributed by atoms with E-state index >= 15 is 0 Å². The van der Waals surface area contributed by atoms with Crippen LogP contribution < -0.4 is 5.32 Å². The van der Waals surface area contributed by atoms with Crippen LogP contribution in [-0.4, -0.2) is 47.8 Å². The number of anilines is 1. The van der Waals surface area contributed by atoms with E-state index in [1.807, 2.05) is 41.3 Å². The largest absolute Gasteiger partial charge is 0.339 e. The van der Waals surface area contributed by atoms with Gasteiger partial charge in [-0.2, -0.15) is 0 Å². The van der Waals surface area contributed by atoms with Crippen LogP contribution in [0, 0.1) is 11.7 Å². The number of piperidine rings is 1. The lowest BCUT2D eigenvalue weighted by Gasteiger charge is -2.31. The number of hydrogen-bond acceptors (Lipinski definition) is 3. The third-order valence-electron chi connectivity index (χ3n) is 6.59. The first-order chi connectivity index (χ1) is 15.6. The number of benzene rings is 2. The van der Waals surface area contributed by atoms with Crippen LogP contribution in [0.15, 0.2) is 48.5 Å². The highest BCUT2D eigenvalue weighted by Gasteiger charge is 2.27. The SMILES string of the molecule is O=C(Nc1ccccc1C(=O)N1CCCCCC1)C1CCN(Cc2ccc(F)cc2)CC1. The fraction of sp³-hybridized carbons (Fsp3) is 0.462. The van der Waals surface area contributed by atoms with Gasteiger partial charge in [0.05, 0.1) is 11.3 Å². The predicted molar refractivity (Wildman–Crippen MR) is 124 cm³/mol. The van der Waals surface area contributed by atoms with Crippen LogP contribution in [0.2, 0.25) is 0 Å². The second-order valence-corrected chi connectivity index (χ2v) is 8.92. The Labute approximate surface area is 189 Å². The van der Waals surface area contributed by atoms with Crippen LogP contribution in [0.3, 0.4) is 0 Å². The molecule has 4 rings (SSSR count). The quantitative estimate of drug-likeness (QED) is 0.738. The monoisotopic (exact) mass is 437 g/mol. The molecular weight excluding hydrogens is 405 g/mol. The molecule has 170 valence electrons. The molecule has 2 amide bonds. The summed E-state index contributed by atoms with van der Waals surface area (Å²) >= 11 is 0. The molecule has 2 aromatic rings. The molecule has 0 saturated carbocycles. The van der Waals surface area contributed by atoms with E-state index in [0.717, 1.165) is 64.0 Å². The van der Waals surface area contributed by atoms with E-state index < -0.39 is 0 Å². The van der Waals surface area contributed by atoms with Gasteiger partial charge in [-0.1, -0.05) is 37.1 Å². The molecular formula is C26H32FN3O2. The van der Waals surface area contributed by atoms with E-state index in [1.54, 1.807) is 0 Å². The maximum Gasteiger partial charge on any atom is 0.255 e. The average molecular weight is 438 g/mol. The van der Waals surface area contributed by atoms with Crippen molar-refractivity contribution in [3.05, 3.63) is 65.5 Å². The summed E-state index contributed by atoms with van der Waals surface area (Å²) < 4.78 is 13.1. The van der Waals surface area contributed by atoms with Crippen molar-refractivity contribution in [1.82, 2.24) is 9.80 Å². The van der Waals surface area contributed by atoms with Gasteiger partial charge in [0, 0.05) is 25.6 Å². The first kappa shape index (κ1) is 22.5. The Hall–Kier alpha value is -2.73. The van der Waals surface area contributed by atoms with Crippen LogP contribution >= 0.6 is 0 Å². The Kier molecular flexibility index (Phi) is 7.53. The Balaban J connectivity index is 1.33. The van der Waals surface area contributed by atoms with Crippen LogP contribution in [0.25, 0.3) is 0 Å². The number of carbonyl (C=O) groups excluding carboxylic acids is 2. The van der Waals surface area contributed by atoms with Crippen molar-refractivity contribution in [2.24, 2.45) is 5.92 Å². The van der Waals surface area contributed by atoms with Crippen molar-refractivity contribution in [2.45, 2.75) is 45.1 Å². The third-order valence-corrected chi connectivity index (χ3v) is 6.59. The number of hydrogen-bond donors (Lipinski definition) is 1. The van der Waals surface area contributed by atoms with Crippen molar-refractivity contribution < 1.29 is 14.0 Å². The maximum atomic E-state index is 13.1. The van der Waals surface area contributed by atoms with Crippen molar-refractivity contribution in [3.63, 3.8) is 0 Å². The van der Waals surface area contributed by atoms with Crippen molar-refractivity contribution in [1.29, 1.82) is 0 Å². The fourth-order valence-electron chi connectivity index (χ4n) is 4.66. The predicted octanol–water partition coefficient (Wildman–Crippen LogP) is 4.69. The van der Waals surface area contributed by atoms with Gasteiger partial charge in [-0.25, -0.2) is 4.39 Å². The van der Waals surface area contributed by atoms with E-state index in [4.69, 9.17) is 0 Å². The van der Waals surface area contributed by atoms with E-state index in [0.29, 0.717) is 11.3 Å². The summed E-state index contributed by atoms with van der Waals surface area (Å²) in [6, 6.07) is 14.0. The first-order valence-corrected chi connectivity index (χ1v) is 11.8. The van der Waals surface area contributed by atoms with E-state index in [9.17, 15) is 14.0 Å². The molecule has 2 saturated heterocycles. The molecule has 6 heteroatoms. The molecule has 0 atom stereocenters. The third kappa shape index (κ3) is 5.74. The first-order valence-electron chi connectivity index (χ1n) is 11.8. The second kappa shape index (κ2) is 10.7. The lowest BCUT2D eigenvalue weighted by molar-refractivity contribution is -0.121. The lowest BCUT2D eigenvalue weighted by atomic mass is 9.95. The molecule has 32 heavy (non-hydrogen) atoms. The summed E-state index contributed by atoms with van der Waals surface area (Å²) in [5.41, 5.74) is 2.27. The normalized spacial score (nSPS) is 18.2. The van der Waals surface area contributed by atoms with Crippen molar-refractivity contribution in [2.75, 3.05) is 31.5 Å². The van der Waals surface area contributed by atoms with Gasteiger partial charge in [0.15, 0.2) is 0 Å². The Morgan fingerprint density at radius 3 is 2.22 bits per heavy atom.